The summed E-state index contributed by atoms with van der Waals surface area (Å²) in [6.45, 7) is 1.93. The quantitative estimate of drug-likeness (QED) is 0.155. The average Bonchev–Trinajstić information content (AvgIpc) is 3.56. The number of benzene rings is 3. The lowest BCUT2D eigenvalue weighted by Gasteiger charge is -2.25. The average molecular weight is 626 g/mol. The van der Waals surface area contributed by atoms with Crippen molar-refractivity contribution in [1.82, 2.24) is 4.98 Å². The fraction of sp³-hybridized carbons (Fsp3) is 0.306. The summed E-state index contributed by atoms with van der Waals surface area (Å²) in [5.41, 5.74) is 0.638. The molecule has 4 aromatic rings. The fourth-order valence-electron chi connectivity index (χ4n) is 7.12. The van der Waals surface area contributed by atoms with Crippen molar-refractivity contribution in [3.8, 4) is 40.4 Å². The summed E-state index contributed by atoms with van der Waals surface area (Å²) in [5, 5.41) is 2.20. The van der Waals surface area contributed by atoms with Gasteiger partial charge in [0, 0.05) is 11.6 Å². The van der Waals surface area contributed by atoms with Crippen LogP contribution in [0, 0.1) is 0 Å². The molecule has 0 fully saturated rings. The summed E-state index contributed by atoms with van der Waals surface area (Å²) in [4.78, 5) is 34.6. The molecule has 1 atom stereocenters. The van der Waals surface area contributed by atoms with Gasteiger partial charge in [-0.2, -0.15) is 0 Å². The SMILES string of the molecule is C/C=C/C=C\c1cc2cc3c(c(OC)c2c(OC)n1)C1(CC3)C(=O)c2c(c(OC)c3c(OC)c(OC)cc(OC)c3c2OC)C1=O. The van der Waals surface area contributed by atoms with E-state index >= 15 is 0 Å². The highest BCUT2D eigenvalue weighted by atomic mass is 16.5. The van der Waals surface area contributed by atoms with E-state index in [0.29, 0.717) is 62.7 Å². The molecule has 0 amide bonds. The van der Waals surface area contributed by atoms with E-state index in [4.69, 9.17) is 38.1 Å². The van der Waals surface area contributed by atoms with Crippen molar-refractivity contribution in [1.29, 1.82) is 0 Å². The van der Waals surface area contributed by atoms with E-state index in [-0.39, 0.29) is 29.0 Å². The van der Waals surface area contributed by atoms with Gasteiger partial charge in [0.25, 0.3) is 0 Å². The number of nitrogens with zero attached hydrogens (tertiary/aromatic N) is 1. The highest BCUT2D eigenvalue weighted by molar-refractivity contribution is 6.38. The molecule has 0 N–H and O–H groups in total. The largest absolute Gasteiger partial charge is 0.496 e. The number of allylic oxidation sites excluding steroid dienone is 3. The number of aromatic nitrogens is 1. The molecule has 238 valence electrons. The Balaban J connectivity index is 1.70. The van der Waals surface area contributed by atoms with E-state index in [1.165, 1.54) is 49.8 Å². The predicted octanol–water partition coefficient (Wildman–Crippen LogP) is 6.30. The standard InChI is InChI=1S/C36H35NO9/c1-9-10-11-12-20-16-19-15-18-13-14-36(28(18)32(45-7)23(19)35(37-20)46-8)33(38)26-27(34(36)39)31(44-6)25-24(30(26)43-5)21(40-2)17-22(41-3)29(25)42-4/h9-12,15-17H,13-14H2,1-8H3/b10-9+,12-11-. The number of ether oxygens (including phenoxy) is 7. The molecular formula is C36H35NO9. The molecular weight excluding hydrogens is 590 g/mol. The molecule has 0 bridgehead atoms. The van der Waals surface area contributed by atoms with Gasteiger partial charge < -0.3 is 33.2 Å². The van der Waals surface area contributed by atoms with E-state index in [9.17, 15) is 9.59 Å². The van der Waals surface area contributed by atoms with Crippen LogP contribution >= 0.6 is 0 Å². The second-order valence-electron chi connectivity index (χ2n) is 10.9. The molecule has 10 nitrogen and oxygen atoms in total. The van der Waals surface area contributed by atoms with E-state index in [1.807, 2.05) is 43.4 Å². The van der Waals surface area contributed by atoms with Crippen molar-refractivity contribution < 1.29 is 42.7 Å². The summed E-state index contributed by atoms with van der Waals surface area (Å²) in [5.74, 6) is 1.24. The molecule has 10 heteroatoms. The van der Waals surface area contributed by atoms with E-state index in [0.717, 1.165) is 10.9 Å². The minimum absolute atomic E-state index is 0.106. The van der Waals surface area contributed by atoms with E-state index in [1.54, 1.807) is 6.07 Å². The summed E-state index contributed by atoms with van der Waals surface area (Å²) in [7, 11) is 10.4. The minimum atomic E-state index is -1.60. The molecule has 1 unspecified atom stereocenters. The first-order valence-electron chi connectivity index (χ1n) is 14.7. The number of fused-ring (bicyclic) bond motifs is 5. The van der Waals surface area contributed by atoms with Gasteiger partial charge in [-0.15, -0.1) is 0 Å². The zero-order valence-corrected chi connectivity index (χ0v) is 27.1. The summed E-state index contributed by atoms with van der Waals surface area (Å²) in [6.07, 6.45) is 8.30. The van der Waals surface area contributed by atoms with Crippen molar-refractivity contribution in [2.75, 3.05) is 49.8 Å². The molecule has 0 saturated carbocycles. The number of hydrogen-bond acceptors (Lipinski definition) is 10. The summed E-state index contributed by atoms with van der Waals surface area (Å²) >= 11 is 0. The fourth-order valence-corrected chi connectivity index (χ4v) is 7.12. The number of pyridine rings is 1. The van der Waals surface area contributed by atoms with Crippen LogP contribution in [-0.2, 0) is 11.8 Å². The number of aryl methyl sites for hydroxylation is 1. The molecule has 0 aliphatic heterocycles. The highest BCUT2D eigenvalue weighted by Crippen LogP contribution is 2.61. The number of hydrogen-bond donors (Lipinski definition) is 0. The van der Waals surface area contributed by atoms with Gasteiger partial charge >= 0.3 is 0 Å². The van der Waals surface area contributed by atoms with Crippen LogP contribution in [0.15, 0.2) is 36.4 Å². The molecule has 1 spiro atoms. The van der Waals surface area contributed by atoms with Crippen LogP contribution in [0.5, 0.6) is 40.4 Å². The van der Waals surface area contributed by atoms with Crippen LogP contribution in [0.2, 0.25) is 0 Å². The van der Waals surface area contributed by atoms with Gasteiger partial charge in [-0.3, -0.25) is 9.59 Å². The monoisotopic (exact) mass is 625 g/mol. The van der Waals surface area contributed by atoms with Crippen LogP contribution in [0.25, 0.3) is 27.6 Å². The lowest BCUT2D eigenvalue weighted by molar-refractivity contribution is 0.0790. The second-order valence-corrected chi connectivity index (χ2v) is 10.9. The number of methoxy groups -OCH3 is 7. The van der Waals surface area contributed by atoms with Crippen molar-refractivity contribution in [2.45, 2.75) is 25.2 Å². The number of carbonyl (C=O) groups is 2. The number of ketones is 2. The summed E-state index contributed by atoms with van der Waals surface area (Å²) < 4.78 is 40.8. The Morgan fingerprint density at radius 2 is 1.30 bits per heavy atom. The maximum atomic E-state index is 15.0. The van der Waals surface area contributed by atoms with Crippen molar-refractivity contribution in [2.24, 2.45) is 0 Å². The van der Waals surface area contributed by atoms with E-state index < -0.39 is 17.0 Å². The maximum absolute atomic E-state index is 15.0. The third kappa shape index (κ3) is 3.98. The molecule has 0 radical (unpaired) electrons. The Labute approximate surface area is 266 Å². The molecule has 2 aliphatic rings. The smallest absolute Gasteiger partial charge is 0.225 e. The van der Waals surface area contributed by atoms with Crippen molar-refractivity contribution in [3.05, 3.63) is 64.4 Å². The van der Waals surface area contributed by atoms with Gasteiger partial charge in [0.1, 0.15) is 28.4 Å². The number of carbonyl (C=O) groups excluding carboxylic acids is 2. The molecule has 6 rings (SSSR count). The normalized spacial score (nSPS) is 17.0. The minimum Gasteiger partial charge on any atom is -0.496 e. The first-order chi connectivity index (χ1) is 22.3. The molecule has 0 saturated heterocycles. The van der Waals surface area contributed by atoms with Gasteiger partial charge in [0.05, 0.1) is 82.7 Å². The number of Topliss-reactive ketones (excluding diaryl/α,β-unsaturated/α-hetero) is 2. The first kappa shape index (κ1) is 30.8. The Bertz CT molecular complexity index is 2010. The van der Waals surface area contributed by atoms with Gasteiger partial charge in [-0.1, -0.05) is 24.3 Å². The first-order valence-corrected chi connectivity index (χ1v) is 14.7. The van der Waals surface area contributed by atoms with Crippen LogP contribution in [0.4, 0.5) is 0 Å². The molecule has 46 heavy (non-hydrogen) atoms. The molecule has 2 aliphatic carbocycles. The van der Waals surface area contributed by atoms with Crippen LogP contribution in [0.1, 0.15) is 50.9 Å². The van der Waals surface area contributed by atoms with Gasteiger partial charge in [-0.05, 0) is 42.9 Å². The Kier molecular flexibility index (Phi) is 7.75. The summed E-state index contributed by atoms with van der Waals surface area (Å²) in [6, 6.07) is 5.57. The maximum Gasteiger partial charge on any atom is 0.225 e. The highest BCUT2D eigenvalue weighted by Gasteiger charge is 2.61. The van der Waals surface area contributed by atoms with Gasteiger partial charge in [0.15, 0.2) is 23.1 Å². The predicted molar refractivity (Wildman–Crippen MR) is 174 cm³/mol. The Hall–Kier alpha value is -5.25. The number of rotatable bonds is 9. The molecule has 3 aromatic carbocycles. The third-order valence-corrected chi connectivity index (χ3v) is 8.95. The zero-order valence-electron chi connectivity index (χ0n) is 27.1. The van der Waals surface area contributed by atoms with Crippen LogP contribution in [-0.4, -0.2) is 66.3 Å². The Morgan fingerprint density at radius 1 is 0.674 bits per heavy atom. The van der Waals surface area contributed by atoms with Crippen molar-refractivity contribution >= 4 is 39.2 Å². The molecule has 1 aromatic heterocycles. The van der Waals surface area contributed by atoms with Gasteiger partial charge in [-0.25, -0.2) is 4.98 Å². The Morgan fingerprint density at radius 3 is 1.87 bits per heavy atom. The zero-order chi connectivity index (χ0) is 32.9. The van der Waals surface area contributed by atoms with Crippen LogP contribution < -0.4 is 33.2 Å². The van der Waals surface area contributed by atoms with Crippen molar-refractivity contribution in [3.63, 3.8) is 0 Å². The third-order valence-electron chi connectivity index (χ3n) is 8.95. The van der Waals surface area contributed by atoms with E-state index in [2.05, 4.69) is 0 Å². The van der Waals surface area contributed by atoms with Crippen LogP contribution in [0.3, 0.4) is 0 Å². The lowest BCUT2D eigenvalue weighted by atomic mass is 9.76. The topological polar surface area (TPSA) is 112 Å². The molecule has 1 heterocycles. The lowest BCUT2D eigenvalue weighted by Crippen LogP contribution is -2.36. The van der Waals surface area contributed by atoms with Gasteiger partial charge in [0.2, 0.25) is 5.88 Å². The second kappa shape index (κ2) is 11.6.